The first-order chi connectivity index (χ1) is 7.06. The number of rotatable bonds is 3. The summed E-state index contributed by atoms with van der Waals surface area (Å²) in [5.41, 5.74) is 0.565. The third-order valence-electron chi connectivity index (χ3n) is 1.73. The van der Waals surface area contributed by atoms with Crippen LogP contribution in [0.4, 0.5) is 0 Å². The van der Waals surface area contributed by atoms with Crippen LogP contribution in [0.15, 0.2) is 22.7 Å². The zero-order chi connectivity index (χ0) is 11.4. The van der Waals surface area contributed by atoms with E-state index in [0.29, 0.717) is 15.8 Å². The molecule has 0 amide bonds. The first-order valence-corrected chi connectivity index (χ1v) is 4.82. The summed E-state index contributed by atoms with van der Waals surface area (Å²) in [4.78, 5) is 10.3. The largest absolute Gasteiger partial charge is 0.503 e. The second-order valence-corrected chi connectivity index (χ2v) is 3.48. The number of methoxy groups -OCH3 is 1. The Morgan fingerprint density at radius 1 is 1.53 bits per heavy atom. The van der Waals surface area contributed by atoms with E-state index in [2.05, 4.69) is 15.9 Å². The number of phenolic OH excluding ortho intramolecular Hbond substituents is 1. The Morgan fingerprint density at radius 3 is 2.73 bits per heavy atom. The SMILES string of the molecule is COc1ccc(C=CC(=O)O)c(Br)c1O. The molecule has 15 heavy (non-hydrogen) atoms. The second-order valence-electron chi connectivity index (χ2n) is 2.69. The number of aliphatic carboxylic acids is 1. The van der Waals surface area contributed by atoms with Crippen molar-refractivity contribution in [3.8, 4) is 11.5 Å². The van der Waals surface area contributed by atoms with Crippen LogP contribution in [-0.2, 0) is 4.79 Å². The average molecular weight is 273 g/mol. The van der Waals surface area contributed by atoms with Crippen LogP contribution in [0.3, 0.4) is 0 Å². The van der Waals surface area contributed by atoms with Gasteiger partial charge in [-0.2, -0.15) is 0 Å². The summed E-state index contributed by atoms with van der Waals surface area (Å²) in [5.74, 6) is -0.767. The van der Waals surface area contributed by atoms with Gasteiger partial charge in [0.25, 0.3) is 0 Å². The fourth-order valence-electron chi connectivity index (χ4n) is 1.02. The molecule has 5 heteroatoms. The Morgan fingerprint density at radius 2 is 2.20 bits per heavy atom. The van der Waals surface area contributed by atoms with Gasteiger partial charge in [-0.25, -0.2) is 4.79 Å². The lowest BCUT2D eigenvalue weighted by Crippen LogP contribution is -1.88. The van der Waals surface area contributed by atoms with Gasteiger partial charge in [0.05, 0.1) is 11.6 Å². The number of hydrogen-bond donors (Lipinski definition) is 2. The normalized spacial score (nSPS) is 10.5. The van der Waals surface area contributed by atoms with E-state index >= 15 is 0 Å². The minimum absolute atomic E-state index is 0.0509. The Bertz CT molecular complexity index is 412. The van der Waals surface area contributed by atoms with E-state index < -0.39 is 5.97 Å². The fraction of sp³-hybridized carbons (Fsp3) is 0.100. The van der Waals surface area contributed by atoms with E-state index in [4.69, 9.17) is 9.84 Å². The van der Waals surface area contributed by atoms with E-state index in [1.54, 1.807) is 12.1 Å². The van der Waals surface area contributed by atoms with Gasteiger partial charge in [0.1, 0.15) is 0 Å². The van der Waals surface area contributed by atoms with Crippen molar-refractivity contribution < 1.29 is 19.7 Å². The minimum Gasteiger partial charge on any atom is -0.503 e. The van der Waals surface area contributed by atoms with E-state index in [9.17, 15) is 9.90 Å². The molecule has 0 saturated heterocycles. The van der Waals surface area contributed by atoms with Crippen LogP contribution in [0, 0.1) is 0 Å². The van der Waals surface area contributed by atoms with Gasteiger partial charge in [0.2, 0.25) is 0 Å². The summed E-state index contributed by atoms with van der Waals surface area (Å²) in [6, 6.07) is 3.20. The fourth-order valence-corrected chi connectivity index (χ4v) is 1.48. The molecule has 0 radical (unpaired) electrons. The molecule has 0 aliphatic carbocycles. The molecule has 0 aliphatic heterocycles. The van der Waals surface area contributed by atoms with Crippen molar-refractivity contribution in [2.45, 2.75) is 0 Å². The lowest BCUT2D eigenvalue weighted by molar-refractivity contribution is -0.131. The lowest BCUT2D eigenvalue weighted by atomic mass is 10.2. The van der Waals surface area contributed by atoms with E-state index in [1.807, 2.05) is 0 Å². The summed E-state index contributed by atoms with van der Waals surface area (Å²) in [7, 11) is 1.44. The van der Waals surface area contributed by atoms with Crippen molar-refractivity contribution in [1.29, 1.82) is 0 Å². The van der Waals surface area contributed by atoms with E-state index in [1.165, 1.54) is 13.2 Å². The zero-order valence-electron chi connectivity index (χ0n) is 7.90. The average Bonchev–Trinajstić information content (AvgIpc) is 2.20. The van der Waals surface area contributed by atoms with Gasteiger partial charge in [0.15, 0.2) is 11.5 Å². The summed E-state index contributed by atoms with van der Waals surface area (Å²) in [5, 5.41) is 18.0. The van der Waals surface area contributed by atoms with Gasteiger partial charge >= 0.3 is 5.97 Å². The monoisotopic (exact) mass is 272 g/mol. The molecular formula is C10H9BrO4. The summed E-state index contributed by atoms with van der Waals surface area (Å²) in [6.07, 6.45) is 2.37. The van der Waals surface area contributed by atoms with Gasteiger partial charge < -0.3 is 14.9 Å². The number of phenols is 1. The highest BCUT2D eigenvalue weighted by molar-refractivity contribution is 9.10. The molecule has 0 unspecified atom stereocenters. The van der Waals surface area contributed by atoms with Crippen LogP contribution < -0.4 is 4.74 Å². The van der Waals surface area contributed by atoms with Gasteiger partial charge in [0, 0.05) is 6.08 Å². The third-order valence-corrected chi connectivity index (χ3v) is 2.57. The molecule has 0 fully saturated rings. The van der Waals surface area contributed by atoms with Crippen molar-refractivity contribution in [1.82, 2.24) is 0 Å². The number of carbonyl (C=O) groups is 1. The van der Waals surface area contributed by atoms with Crippen LogP contribution in [0.5, 0.6) is 11.5 Å². The van der Waals surface area contributed by atoms with Gasteiger partial charge in [-0.3, -0.25) is 0 Å². The Kier molecular flexibility index (Phi) is 3.74. The Labute approximate surface area is 94.9 Å². The van der Waals surface area contributed by atoms with Crippen LogP contribution in [0.1, 0.15) is 5.56 Å². The summed E-state index contributed by atoms with van der Waals surface area (Å²) < 4.78 is 5.29. The van der Waals surface area contributed by atoms with Crippen LogP contribution >= 0.6 is 15.9 Å². The number of ether oxygens (including phenoxy) is 1. The maximum absolute atomic E-state index is 10.3. The number of aromatic hydroxyl groups is 1. The molecule has 0 aliphatic rings. The highest BCUT2D eigenvalue weighted by atomic mass is 79.9. The minimum atomic E-state index is -1.04. The Hall–Kier alpha value is -1.49. The molecule has 1 rings (SSSR count). The zero-order valence-corrected chi connectivity index (χ0v) is 9.48. The standard InChI is InChI=1S/C10H9BrO4/c1-15-7-4-2-6(3-5-8(12)13)9(11)10(7)14/h2-5,14H,1H3,(H,12,13). The van der Waals surface area contributed by atoms with Crippen molar-refractivity contribution in [2.24, 2.45) is 0 Å². The molecule has 0 spiro atoms. The highest BCUT2D eigenvalue weighted by Crippen LogP contribution is 2.36. The maximum Gasteiger partial charge on any atom is 0.328 e. The highest BCUT2D eigenvalue weighted by Gasteiger charge is 2.08. The lowest BCUT2D eigenvalue weighted by Gasteiger charge is -2.06. The van der Waals surface area contributed by atoms with E-state index in [0.717, 1.165) is 6.08 Å². The summed E-state index contributed by atoms with van der Waals surface area (Å²) in [6.45, 7) is 0. The second kappa shape index (κ2) is 4.84. The number of hydrogen-bond acceptors (Lipinski definition) is 3. The van der Waals surface area contributed by atoms with Crippen molar-refractivity contribution in [3.05, 3.63) is 28.2 Å². The molecule has 0 atom stereocenters. The first kappa shape index (κ1) is 11.6. The molecule has 4 nitrogen and oxygen atoms in total. The molecule has 1 aromatic carbocycles. The number of carboxylic acid groups (broad SMARTS) is 1. The smallest absolute Gasteiger partial charge is 0.328 e. The molecule has 0 bridgehead atoms. The summed E-state index contributed by atoms with van der Waals surface area (Å²) >= 11 is 3.15. The van der Waals surface area contributed by atoms with Crippen LogP contribution in [-0.4, -0.2) is 23.3 Å². The number of halogens is 1. The van der Waals surface area contributed by atoms with Crippen molar-refractivity contribution in [2.75, 3.05) is 7.11 Å². The molecule has 0 aromatic heterocycles. The Balaban J connectivity index is 3.12. The molecule has 0 saturated carbocycles. The van der Waals surface area contributed by atoms with Gasteiger partial charge in [-0.05, 0) is 39.7 Å². The maximum atomic E-state index is 10.3. The molecule has 0 heterocycles. The molecular weight excluding hydrogens is 264 g/mol. The van der Waals surface area contributed by atoms with E-state index in [-0.39, 0.29) is 5.75 Å². The third kappa shape index (κ3) is 2.73. The first-order valence-electron chi connectivity index (χ1n) is 4.02. The quantitative estimate of drug-likeness (QED) is 0.829. The van der Waals surface area contributed by atoms with Crippen LogP contribution in [0.2, 0.25) is 0 Å². The van der Waals surface area contributed by atoms with Crippen molar-refractivity contribution >= 4 is 28.0 Å². The predicted molar refractivity (Wildman–Crippen MR) is 59.0 cm³/mol. The molecule has 1 aromatic rings. The van der Waals surface area contributed by atoms with Crippen LogP contribution in [0.25, 0.3) is 6.08 Å². The number of benzene rings is 1. The number of carboxylic acids is 1. The van der Waals surface area contributed by atoms with Gasteiger partial charge in [-0.1, -0.05) is 0 Å². The van der Waals surface area contributed by atoms with Crippen molar-refractivity contribution in [3.63, 3.8) is 0 Å². The topological polar surface area (TPSA) is 66.8 Å². The molecule has 2 N–H and O–H groups in total. The predicted octanol–water partition coefficient (Wildman–Crippen LogP) is 2.26. The van der Waals surface area contributed by atoms with Gasteiger partial charge in [-0.15, -0.1) is 0 Å². The molecule has 80 valence electrons.